The number of hydrogen-bond acceptors (Lipinski definition) is 3. The third kappa shape index (κ3) is 3.23. The Hall–Kier alpha value is -2.92. The lowest BCUT2D eigenvalue weighted by atomic mass is 9.84. The van der Waals surface area contributed by atoms with Crippen LogP contribution >= 0.6 is 11.6 Å². The number of carbonyl (C=O) groups is 2. The van der Waals surface area contributed by atoms with Gasteiger partial charge in [-0.25, -0.2) is 4.68 Å². The van der Waals surface area contributed by atoms with Gasteiger partial charge in [0.05, 0.1) is 23.3 Å². The second-order valence-corrected chi connectivity index (χ2v) is 8.68. The predicted octanol–water partition coefficient (Wildman–Crippen LogP) is 5.01. The van der Waals surface area contributed by atoms with Crippen LogP contribution < -0.4 is 0 Å². The Morgan fingerprint density at radius 3 is 2.37 bits per heavy atom. The average Bonchev–Trinajstić information content (AvgIpc) is 3.45. The molecule has 3 aromatic rings. The van der Waals surface area contributed by atoms with Gasteiger partial charge in [-0.15, -0.1) is 0 Å². The number of hydrogen-bond donors (Lipinski definition) is 0. The molecule has 152 valence electrons. The predicted molar refractivity (Wildman–Crippen MR) is 115 cm³/mol. The highest BCUT2D eigenvalue weighted by molar-refractivity contribution is 6.30. The molecular weight excluding hydrogens is 398 g/mol. The first kappa shape index (κ1) is 19.1. The lowest BCUT2D eigenvalue weighted by Crippen LogP contribution is -2.34. The van der Waals surface area contributed by atoms with Crippen molar-refractivity contribution in [1.29, 1.82) is 0 Å². The Balaban J connectivity index is 1.53. The fraction of sp³-hybridized carbons (Fsp3) is 0.292. The Morgan fingerprint density at radius 1 is 0.967 bits per heavy atom. The van der Waals surface area contributed by atoms with Gasteiger partial charge in [0.15, 0.2) is 0 Å². The van der Waals surface area contributed by atoms with Crippen LogP contribution in [0.4, 0.5) is 0 Å². The van der Waals surface area contributed by atoms with Crippen molar-refractivity contribution >= 4 is 23.4 Å². The lowest BCUT2D eigenvalue weighted by Gasteiger charge is -2.20. The van der Waals surface area contributed by atoms with E-state index in [9.17, 15) is 9.59 Å². The molecule has 2 amide bonds. The van der Waals surface area contributed by atoms with Gasteiger partial charge in [-0.1, -0.05) is 54.8 Å². The first-order valence-electron chi connectivity index (χ1n) is 10.3. The van der Waals surface area contributed by atoms with E-state index in [0.717, 1.165) is 48.2 Å². The summed E-state index contributed by atoms with van der Waals surface area (Å²) < 4.78 is 1.80. The summed E-state index contributed by atoms with van der Waals surface area (Å²) >= 11 is 6.06. The summed E-state index contributed by atoms with van der Waals surface area (Å²) in [6, 6.07) is 17.3. The number of para-hydroxylation sites is 1. The molecule has 1 spiro atoms. The van der Waals surface area contributed by atoms with Crippen molar-refractivity contribution < 1.29 is 9.59 Å². The SMILES string of the molecule is O=C1CC2(CCCC2)C(=O)N1Cc1cn(-c2ccccc2)nc1-c1ccc(Cl)cc1. The van der Waals surface area contributed by atoms with Gasteiger partial charge in [0.2, 0.25) is 11.8 Å². The molecule has 1 saturated heterocycles. The molecule has 1 aromatic heterocycles. The van der Waals surface area contributed by atoms with Crippen LogP contribution in [0.15, 0.2) is 60.8 Å². The number of nitrogens with zero attached hydrogens (tertiary/aromatic N) is 3. The Kier molecular flexibility index (Phi) is 4.70. The number of halogens is 1. The maximum Gasteiger partial charge on any atom is 0.236 e. The maximum absolute atomic E-state index is 13.2. The largest absolute Gasteiger partial charge is 0.277 e. The molecule has 6 heteroatoms. The highest BCUT2D eigenvalue weighted by Gasteiger charge is 2.52. The first-order valence-corrected chi connectivity index (χ1v) is 10.7. The van der Waals surface area contributed by atoms with Gasteiger partial charge < -0.3 is 0 Å². The minimum Gasteiger partial charge on any atom is -0.277 e. The topological polar surface area (TPSA) is 55.2 Å². The zero-order valence-electron chi connectivity index (χ0n) is 16.6. The number of carbonyl (C=O) groups excluding carboxylic acids is 2. The average molecular weight is 420 g/mol. The molecule has 2 aromatic carbocycles. The zero-order chi connectivity index (χ0) is 20.7. The number of rotatable bonds is 4. The molecule has 1 aliphatic heterocycles. The molecule has 1 aliphatic carbocycles. The summed E-state index contributed by atoms with van der Waals surface area (Å²) in [6.07, 6.45) is 5.95. The molecule has 2 aliphatic rings. The number of benzene rings is 2. The van der Waals surface area contributed by atoms with Crippen LogP contribution in [0.3, 0.4) is 0 Å². The third-order valence-corrected chi connectivity index (χ3v) is 6.56. The van der Waals surface area contributed by atoms with Crippen molar-refractivity contribution in [2.45, 2.75) is 38.6 Å². The van der Waals surface area contributed by atoms with Crippen molar-refractivity contribution in [2.24, 2.45) is 5.41 Å². The standard InChI is InChI=1S/C24H22ClN3O2/c25-19-10-8-17(9-11-19)22-18(16-28(26-22)20-6-2-1-3-7-20)15-27-21(29)14-24(23(27)30)12-4-5-13-24/h1-3,6-11,16H,4-5,12-15H2. The van der Waals surface area contributed by atoms with Crippen molar-refractivity contribution in [3.05, 3.63) is 71.4 Å². The van der Waals surface area contributed by atoms with Crippen LogP contribution in [-0.4, -0.2) is 26.5 Å². The molecule has 5 nitrogen and oxygen atoms in total. The minimum absolute atomic E-state index is 0.0143. The van der Waals surface area contributed by atoms with Crippen molar-refractivity contribution in [3.63, 3.8) is 0 Å². The molecular formula is C24H22ClN3O2. The van der Waals surface area contributed by atoms with E-state index >= 15 is 0 Å². The van der Waals surface area contributed by atoms with E-state index in [1.807, 2.05) is 60.8 Å². The first-order chi connectivity index (χ1) is 14.6. The second-order valence-electron chi connectivity index (χ2n) is 8.24. The Morgan fingerprint density at radius 2 is 1.67 bits per heavy atom. The van der Waals surface area contributed by atoms with E-state index in [1.165, 1.54) is 4.90 Å². The van der Waals surface area contributed by atoms with Crippen LogP contribution in [0.25, 0.3) is 16.9 Å². The molecule has 1 saturated carbocycles. The summed E-state index contributed by atoms with van der Waals surface area (Å²) in [6.45, 7) is 0.240. The third-order valence-electron chi connectivity index (χ3n) is 6.31. The van der Waals surface area contributed by atoms with Crippen molar-refractivity contribution in [2.75, 3.05) is 0 Å². The Bertz CT molecular complexity index is 1100. The van der Waals surface area contributed by atoms with Gasteiger partial charge in [0.1, 0.15) is 0 Å². The molecule has 0 atom stereocenters. The van der Waals surface area contributed by atoms with Gasteiger partial charge in [-0.2, -0.15) is 5.10 Å². The van der Waals surface area contributed by atoms with Crippen molar-refractivity contribution in [3.8, 4) is 16.9 Å². The molecule has 0 unspecified atom stereocenters. The normalized spacial score (nSPS) is 18.0. The van der Waals surface area contributed by atoms with Crippen LogP contribution in [0.5, 0.6) is 0 Å². The van der Waals surface area contributed by atoms with E-state index in [4.69, 9.17) is 16.7 Å². The molecule has 5 rings (SSSR count). The summed E-state index contributed by atoms with van der Waals surface area (Å²) in [5.41, 5.74) is 2.96. The number of amides is 2. The minimum atomic E-state index is -0.465. The molecule has 0 bridgehead atoms. The highest BCUT2D eigenvalue weighted by atomic mass is 35.5. The molecule has 0 N–H and O–H groups in total. The quantitative estimate of drug-likeness (QED) is 0.558. The summed E-state index contributed by atoms with van der Waals surface area (Å²) in [7, 11) is 0. The van der Waals surface area contributed by atoms with E-state index in [0.29, 0.717) is 11.4 Å². The maximum atomic E-state index is 13.2. The van der Waals surface area contributed by atoms with Gasteiger partial charge in [-0.3, -0.25) is 14.5 Å². The van der Waals surface area contributed by atoms with Crippen molar-refractivity contribution in [1.82, 2.24) is 14.7 Å². The number of aromatic nitrogens is 2. The van der Waals surface area contributed by atoms with E-state index in [-0.39, 0.29) is 18.4 Å². The fourth-order valence-corrected chi connectivity index (χ4v) is 4.85. The number of likely N-dealkylation sites (tertiary alicyclic amines) is 1. The molecule has 0 radical (unpaired) electrons. The van der Waals surface area contributed by atoms with Crippen LogP contribution in [-0.2, 0) is 16.1 Å². The Labute approximate surface area is 180 Å². The molecule has 30 heavy (non-hydrogen) atoms. The van der Waals surface area contributed by atoms with Gasteiger partial charge >= 0.3 is 0 Å². The smallest absolute Gasteiger partial charge is 0.236 e. The second kappa shape index (κ2) is 7.40. The van der Waals surface area contributed by atoms with Crippen LogP contribution in [0, 0.1) is 5.41 Å². The van der Waals surface area contributed by atoms with E-state index in [2.05, 4.69) is 0 Å². The van der Waals surface area contributed by atoms with Gasteiger partial charge in [0.25, 0.3) is 0 Å². The summed E-state index contributed by atoms with van der Waals surface area (Å²) in [5, 5.41) is 5.43. The molecule has 2 fully saturated rings. The van der Waals surface area contributed by atoms with Crippen LogP contribution in [0.1, 0.15) is 37.7 Å². The monoisotopic (exact) mass is 419 g/mol. The van der Waals surface area contributed by atoms with Gasteiger partial charge in [0, 0.05) is 28.8 Å². The van der Waals surface area contributed by atoms with E-state index < -0.39 is 5.41 Å². The number of imide groups is 1. The fourth-order valence-electron chi connectivity index (χ4n) is 4.72. The van der Waals surface area contributed by atoms with E-state index in [1.54, 1.807) is 4.68 Å². The van der Waals surface area contributed by atoms with Gasteiger partial charge in [-0.05, 0) is 37.1 Å². The summed E-state index contributed by atoms with van der Waals surface area (Å²) in [5.74, 6) is -0.0871. The highest BCUT2D eigenvalue weighted by Crippen LogP contribution is 2.47. The summed E-state index contributed by atoms with van der Waals surface area (Å²) in [4.78, 5) is 27.4. The van der Waals surface area contributed by atoms with Crippen LogP contribution in [0.2, 0.25) is 5.02 Å². The zero-order valence-corrected chi connectivity index (χ0v) is 17.3. The lowest BCUT2D eigenvalue weighted by molar-refractivity contribution is -0.142. The molecule has 2 heterocycles.